The van der Waals surface area contributed by atoms with Crippen LogP contribution in [0.2, 0.25) is 0 Å². The quantitative estimate of drug-likeness (QED) is 0.701. The monoisotopic (exact) mass is 252 g/mol. The molecule has 4 nitrogen and oxygen atoms in total. The fourth-order valence-electron chi connectivity index (χ4n) is 4.85. The average Bonchev–Trinajstić information content (AvgIpc) is 3.06. The maximum atomic E-state index is 11.8. The van der Waals surface area contributed by atoms with Crippen LogP contribution in [0.4, 0.5) is 0 Å². The van der Waals surface area contributed by atoms with Gasteiger partial charge in [0.05, 0.1) is 26.1 Å². The second-order valence-electron chi connectivity index (χ2n) is 6.04. The molecule has 2 bridgehead atoms. The first-order chi connectivity index (χ1) is 8.65. The van der Waals surface area contributed by atoms with Gasteiger partial charge < -0.3 is 9.47 Å². The van der Waals surface area contributed by atoms with Crippen molar-refractivity contribution in [3.05, 3.63) is 0 Å². The Morgan fingerprint density at radius 3 is 2.17 bits per heavy atom. The third-order valence-corrected chi connectivity index (χ3v) is 5.51. The van der Waals surface area contributed by atoms with Crippen LogP contribution in [-0.2, 0) is 19.1 Å². The number of carbonyl (C=O) groups is 2. The van der Waals surface area contributed by atoms with Gasteiger partial charge in [-0.2, -0.15) is 0 Å². The predicted octanol–water partition coefficient (Wildman–Crippen LogP) is 1.63. The van der Waals surface area contributed by atoms with Crippen molar-refractivity contribution < 1.29 is 19.1 Å². The molecule has 3 aliphatic carbocycles. The average molecular weight is 252 g/mol. The van der Waals surface area contributed by atoms with Crippen molar-refractivity contribution >= 4 is 11.9 Å². The van der Waals surface area contributed by atoms with E-state index in [1.165, 1.54) is 14.2 Å². The highest BCUT2D eigenvalue weighted by Crippen LogP contribution is 2.62. The zero-order valence-electron chi connectivity index (χ0n) is 10.9. The summed E-state index contributed by atoms with van der Waals surface area (Å²) in [6.07, 6.45) is 3.99. The van der Waals surface area contributed by atoms with Gasteiger partial charge in [0.2, 0.25) is 0 Å². The zero-order valence-corrected chi connectivity index (χ0v) is 10.9. The Hall–Kier alpha value is -1.06. The molecular formula is C14H20O4. The number of fused-ring (bicyclic) bond motifs is 5. The van der Waals surface area contributed by atoms with Gasteiger partial charge >= 0.3 is 11.9 Å². The Morgan fingerprint density at radius 2 is 1.50 bits per heavy atom. The van der Waals surface area contributed by atoms with Crippen LogP contribution in [0, 0.1) is 35.5 Å². The van der Waals surface area contributed by atoms with E-state index in [1.54, 1.807) is 0 Å². The predicted molar refractivity (Wildman–Crippen MR) is 63.4 cm³/mol. The number of methoxy groups -OCH3 is 2. The van der Waals surface area contributed by atoms with Gasteiger partial charge in [-0.05, 0) is 49.4 Å². The van der Waals surface area contributed by atoms with E-state index in [0.717, 1.165) is 25.7 Å². The lowest BCUT2D eigenvalue weighted by Crippen LogP contribution is -2.30. The third kappa shape index (κ3) is 1.57. The van der Waals surface area contributed by atoms with Crippen molar-refractivity contribution in [2.24, 2.45) is 35.5 Å². The Balaban J connectivity index is 1.72. The van der Waals surface area contributed by atoms with Crippen LogP contribution >= 0.6 is 0 Å². The molecule has 0 aliphatic heterocycles. The minimum absolute atomic E-state index is 0.0533. The largest absolute Gasteiger partial charge is 0.469 e. The SMILES string of the molecule is COC(=O)[C@@H]1C[C@@H]2[C@@H](C1)[C@@H]1C[C@@H]2[C@H](C(=O)OC)C1. The van der Waals surface area contributed by atoms with Gasteiger partial charge in [-0.3, -0.25) is 9.59 Å². The highest BCUT2D eigenvalue weighted by Gasteiger charge is 2.58. The van der Waals surface area contributed by atoms with Crippen LogP contribution in [0.25, 0.3) is 0 Å². The van der Waals surface area contributed by atoms with Gasteiger partial charge in [0.25, 0.3) is 0 Å². The van der Waals surface area contributed by atoms with Crippen molar-refractivity contribution in [3.63, 3.8) is 0 Å². The number of rotatable bonds is 2. The summed E-state index contributed by atoms with van der Waals surface area (Å²) in [6, 6.07) is 0. The molecule has 3 aliphatic rings. The molecule has 4 heteroatoms. The first-order valence-corrected chi connectivity index (χ1v) is 6.81. The van der Waals surface area contributed by atoms with E-state index in [2.05, 4.69) is 0 Å². The maximum absolute atomic E-state index is 11.8. The smallest absolute Gasteiger partial charge is 0.308 e. The van der Waals surface area contributed by atoms with Gasteiger partial charge in [0.1, 0.15) is 0 Å². The lowest BCUT2D eigenvalue weighted by atomic mass is 9.76. The van der Waals surface area contributed by atoms with E-state index in [9.17, 15) is 9.59 Å². The van der Waals surface area contributed by atoms with Gasteiger partial charge in [-0.15, -0.1) is 0 Å². The summed E-state index contributed by atoms with van der Waals surface area (Å²) in [7, 11) is 2.93. The summed E-state index contributed by atoms with van der Waals surface area (Å²) in [5.41, 5.74) is 0. The Bertz CT molecular complexity index is 378. The number of esters is 2. The van der Waals surface area contributed by atoms with Crippen molar-refractivity contribution in [2.45, 2.75) is 25.7 Å². The molecule has 0 unspecified atom stereocenters. The fourth-order valence-corrected chi connectivity index (χ4v) is 4.85. The highest BCUT2D eigenvalue weighted by molar-refractivity contribution is 5.74. The van der Waals surface area contributed by atoms with Crippen molar-refractivity contribution in [3.8, 4) is 0 Å². The number of ether oxygens (including phenoxy) is 2. The summed E-state index contributed by atoms with van der Waals surface area (Å²) in [6.45, 7) is 0. The van der Waals surface area contributed by atoms with Crippen LogP contribution in [0.15, 0.2) is 0 Å². The van der Waals surface area contributed by atoms with E-state index in [1.807, 2.05) is 0 Å². The van der Waals surface area contributed by atoms with E-state index in [0.29, 0.717) is 23.7 Å². The van der Waals surface area contributed by atoms with E-state index in [-0.39, 0.29) is 23.8 Å². The van der Waals surface area contributed by atoms with Gasteiger partial charge in [-0.25, -0.2) is 0 Å². The lowest BCUT2D eigenvalue weighted by Gasteiger charge is -2.29. The Morgan fingerprint density at radius 1 is 0.833 bits per heavy atom. The standard InChI is InChI=1S/C14H20O4/c1-17-13(15)8-5-9-7-3-11(10(9)6-8)12(4-7)14(16)18-2/h7-12H,3-6H2,1-2H3/t7-,8+,9+,10-,11+,12-/m1/s1. The molecule has 0 radical (unpaired) electrons. The summed E-state index contributed by atoms with van der Waals surface area (Å²) in [5.74, 6) is 2.27. The van der Waals surface area contributed by atoms with Gasteiger partial charge in [0, 0.05) is 0 Å². The molecule has 3 rings (SSSR count). The molecule has 3 fully saturated rings. The summed E-state index contributed by atoms with van der Waals surface area (Å²) in [5, 5.41) is 0. The third-order valence-electron chi connectivity index (χ3n) is 5.51. The van der Waals surface area contributed by atoms with Gasteiger partial charge in [0.15, 0.2) is 0 Å². The molecule has 0 aromatic carbocycles. The molecule has 0 heterocycles. The molecule has 3 saturated carbocycles. The molecule has 0 N–H and O–H groups in total. The molecule has 0 spiro atoms. The summed E-state index contributed by atoms with van der Waals surface area (Å²) < 4.78 is 9.76. The van der Waals surface area contributed by atoms with Gasteiger partial charge in [-0.1, -0.05) is 0 Å². The molecule has 0 aromatic rings. The topological polar surface area (TPSA) is 52.6 Å². The van der Waals surface area contributed by atoms with Crippen molar-refractivity contribution in [1.29, 1.82) is 0 Å². The molecule has 0 aromatic heterocycles. The minimum atomic E-state index is -0.0709. The van der Waals surface area contributed by atoms with Crippen LogP contribution < -0.4 is 0 Å². The van der Waals surface area contributed by atoms with Crippen LogP contribution in [0.3, 0.4) is 0 Å². The molecule has 6 atom stereocenters. The highest BCUT2D eigenvalue weighted by atomic mass is 16.5. The first-order valence-electron chi connectivity index (χ1n) is 6.81. The normalized spacial score (nSPS) is 44.8. The number of hydrogen-bond donors (Lipinski definition) is 0. The number of carbonyl (C=O) groups excluding carboxylic acids is 2. The van der Waals surface area contributed by atoms with Crippen molar-refractivity contribution in [2.75, 3.05) is 14.2 Å². The van der Waals surface area contributed by atoms with Crippen molar-refractivity contribution in [1.82, 2.24) is 0 Å². The second-order valence-corrected chi connectivity index (χ2v) is 6.04. The van der Waals surface area contributed by atoms with Crippen LogP contribution in [0.1, 0.15) is 25.7 Å². The molecule has 100 valence electrons. The van der Waals surface area contributed by atoms with Crippen LogP contribution in [-0.4, -0.2) is 26.2 Å². The molecular weight excluding hydrogens is 232 g/mol. The van der Waals surface area contributed by atoms with E-state index < -0.39 is 0 Å². The minimum Gasteiger partial charge on any atom is -0.469 e. The molecule has 0 saturated heterocycles. The summed E-state index contributed by atoms with van der Waals surface area (Å²) >= 11 is 0. The second kappa shape index (κ2) is 4.25. The van der Waals surface area contributed by atoms with E-state index in [4.69, 9.17) is 9.47 Å². The molecule has 18 heavy (non-hydrogen) atoms. The summed E-state index contributed by atoms with van der Waals surface area (Å²) in [4.78, 5) is 23.4. The molecule has 0 amide bonds. The first kappa shape index (κ1) is 12.0. The Labute approximate surface area is 107 Å². The number of hydrogen-bond acceptors (Lipinski definition) is 4. The van der Waals surface area contributed by atoms with Crippen LogP contribution in [0.5, 0.6) is 0 Å². The van der Waals surface area contributed by atoms with E-state index >= 15 is 0 Å². The maximum Gasteiger partial charge on any atom is 0.308 e. The zero-order chi connectivity index (χ0) is 12.9. The Kier molecular flexibility index (Phi) is 2.83. The lowest BCUT2D eigenvalue weighted by molar-refractivity contribution is -0.148. The fraction of sp³-hybridized carbons (Fsp3) is 0.857.